The summed E-state index contributed by atoms with van der Waals surface area (Å²) < 4.78 is 0. The maximum atomic E-state index is 3.96. The van der Waals surface area contributed by atoms with Crippen molar-refractivity contribution in [1.29, 1.82) is 0 Å². The van der Waals surface area contributed by atoms with Crippen molar-refractivity contribution < 1.29 is 0 Å². The van der Waals surface area contributed by atoms with Crippen LogP contribution in [-0.4, -0.2) is 0 Å². The summed E-state index contributed by atoms with van der Waals surface area (Å²) in [7, 11) is 0. The Balaban J connectivity index is 3.03. The zero-order chi connectivity index (χ0) is 9.84. The molecule has 0 nitrogen and oxygen atoms in total. The van der Waals surface area contributed by atoms with Crippen LogP contribution in [0.15, 0.2) is 24.8 Å². The van der Waals surface area contributed by atoms with Crippen LogP contribution in [0.5, 0.6) is 0 Å². The minimum Gasteiger partial charge on any atom is -0.0955 e. The molecule has 0 aromatic heterocycles. The van der Waals surface area contributed by atoms with Crippen LogP contribution in [0.3, 0.4) is 0 Å². The first-order chi connectivity index (χ1) is 6.15. The molecular formula is C13H18. The third-order valence-electron chi connectivity index (χ3n) is 2.36. The first kappa shape index (κ1) is 10.0. The fourth-order valence-electron chi connectivity index (χ4n) is 1.48. The molecule has 0 aliphatic heterocycles. The van der Waals surface area contributed by atoms with E-state index in [1.54, 1.807) is 0 Å². The van der Waals surface area contributed by atoms with Gasteiger partial charge in [0.25, 0.3) is 0 Å². The largest absolute Gasteiger partial charge is 0.0955 e. The lowest BCUT2D eigenvalue weighted by atomic mass is 9.99. The number of benzene rings is 1. The van der Waals surface area contributed by atoms with Gasteiger partial charge < -0.3 is 0 Å². The van der Waals surface area contributed by atoms with E-state index >= 15 is 0 Å². The molecule has 0 heteroatoms. The summed E-state index contributed by atoms with van der Waals surface area (Å²) in [5.41, 5.74) is 5.28. The molecule has 0 amide bonds. The van der Waals surface area contributed by atoms with Gasteiger partial charge in [0.05, 0.1) is 0 Å². The van der Waals surface area contributed by atoms with E-state index in [2.05, 4.69) is 45.5 Å². The minimum absolute atomic E-state index is 1.15. The Kier molecular flexibility index (Phi) is 3.30. The highest BCUT2D eigenvalue weighted by Gasteiger charge is 1.99. The first-order valence-corrected chi connectivity index (χ1v) is 4.90. The second kappa shape index (κ2) is 4.27. The zero-order valence-electron chi connectivity index (χ0n) is 8.85. The molecule has 0 bridgehead atoms. The molecule has 70 valence electrons. The second-order valence-corrected chi connectivity index (χ2v) is 3.67. The number of hydrogen-bond donors (Lipinski definition) is 0. The lowest BCUT2D eigenvalue weighted by Gasteiger charge is -2.07. The Morgan fingerprint density at radius 1 is 1.38 bits per heavy atom. The maximum Gasteiger partial charge on any atom is -0.0230 e. The molecule has 0 aliphatic rings. The summed E-state index contributed by atoms with van der Waals surface area (Å²) in [5, 5.41) is 0. The van der Waals surface area contributed by atoms with Crippen molar-refractivity contribution in [2.45, 2.75) is 33.6 Å². The van der Waals surface area contributed by atoms with Crippen LogP contribution in [0.2, 0.25) is 0 Å². The SMILES string of the molecule is C=C(C)c1ccc(C)c(CCC)c1. The number of rotatable bonds is 3. The fourth-order valence-corrected chi connectivity index (χ4v) is 1.48. The number of allylic oxidation sites excluding steroid dienone is 1. The van der Waals surface area contributed by atoms with Gasteiger partial charge in [0, 0.05) is 0 Å². The van der Waals surface area contributed by atoms with Gasteiger partial charge in [-0.25, -0.2) is 0 Å². The van der Waals surface area contributed by atoms with E-state index in [9.17, 15) is 0 Å². The molecule has 0 unspecified atom stereocenters. The molecule has 0 saturated heterocycles. The molecule has 1 aromatic carbocycles. The average molecular weight is 174 g/mol. The molecular weight excluding hydrogens is 156 g/mol. The van der Waals surface area contributed by atoms with Crippen molar-refractivity contribution in [2.75, 3.05) is 0 Å². The van der Waals surface area contributed by atoms with Gasteiger partial charge in [0.15, 0.2) is 0 Å². The third-order valence-corrected chi connectivity index (χ3v) is 2.36. The maximum absolute atomic E-state index is 3.96. The summed E-state index contributed by atoms with van der Waals surface area (Å²) >= 11 is 0. The minimum atomic E-state index is 1.15. The summed E-state index contributed by atoms with van der Waals surface area (Å²) in [4.78, 5) is 0. The normalized spacial score (nSPS) is 10.1. The molecule has 1 rings (SSSR count). The van der Waals surface area contributed by atoms with Crippen LogP contribution < -0.4 is 0 Å². The van der Waals surface area contributed by atoms with Crippen molar-refractivity contribution in [1.82, 2.24) is 0 Å². The van der Waals surface area contributed by atoms with E-state index in [1.807, 2.05) is 0 Å². The van der Waals surface area contributed by atoms with E-state index in [0.717, 1.165) is 5.57 Å². The molecule has 0 spiro atoms. The van der Waals surface area contributed by atoms with Gasteiger partial charge in [0.1, 0.15) is 0 Å². The van der Waals surface area contributed by atoms with Crippen LogP contribution >= 0.6 is 0 Å². The molecule has 13 heavy (non-hydrogen) atoms. The summed E-state index contributed by atoms with van der Waals surface area (Å²) in [6.07, 6.45) is 2.38. The predicted molar refractivity (Wildman–Crippen MR) is 59.9 cm³/mol. The van der Waals surface area contributed by atoms with Crippen LogP contribution in [0.25, 0.3) is 5.57 Å². The van der Waals surface area contributed by atoms with Gasteiger partial charge in [-0.3, -0.25) is 0 Å². The standard InChI is InChI=1S/C13H18/c1-5-6-13-9-12(10(2)3)8-7-11(13)4/h7-9H,2,5-6H2,1,3-4H3. The van der Waals surface area contributed by atoms with E-state index in [-0.39, 0.29) is 0 Å². The Hall–Kier alpha value is -1.04. The van der Waals surface area contributed by atoms with E-state index in [1.165, 1.54) is 29.5 Å². The number of aryl methyl sites for hydroxylation is 2. The lowest BCUT2D eigenvalue weighted by molar-refractivity contribution is 0.912. The van der Waals surface area contributed by atoms with Gasteiger partial charge in [0.2, 0.25) is 0 Å². The highest BCUT2D eigenvalue weighted by Crippen LogP contribution is 2.17. The summed E-state index contributed by atoms with van der Waals surface area (Å²) in [5.74, 6) is 0. The topological polar surface area (TPSA) is 0 Å². The highest BCUT2D eigenvalue weighted by atomic mass is 14.0. The van der Waals surface area contributed by atoms with Crippen molar-refractivity contribution in [3.05, 3.63) is 41.5 Å². The average Bonchev–Trinajstić information content (AvgIpc) is 2.08. The van der Waals surface area contributed by atoms with E-state index in [0.29, 0.717) is 0 Å². The van der Waals surface area contributed by atoms with Crippen molar-refractivity contribution in [3.8, 4) is 0 Å². The molecule has 0 radical (unpaired) electrons. The fraction of sp³-hybridized carbons (Fsp3) is 0.385. The smallest absolute Gasteiger partial charge is 0.0230 e. The second-order valence-electron chi connectivity index (χ2n) is 3.67. The molecule has 0 N–H and O–H groups in total. The van der Waals surface area contributed by atoms with Crippen LogP contribution in [0, 0.1) is 6.92 Å². The quantitative estimate of drug-likeness (QED) is 0.650. The van der Waals surface area contributed by atoms with Crippen LogP contribution in [-0.2, 0) is 6.42 Å². The van der Waals surface area contributed by atoms with Gasteiger partial charge in [-0.05, 0) is 37.0 Å². The molecule has 1 aromatic rings. The molecule has 0 saturated carbocycles. The summed E-state index contributed by atoms with van der Waals surface area (Å²) in [6.45, 7) is 10.4. The van der Waals surface area contributed by atoms with E-state index in [4.69, 9.17) is 0 Å². The molecule has 0 fully saturated rings. The zero-order valence-corrected chi connectivity index (χ0v) is 8.85. The van der Waals surface area contributed by atoms with Crippen LogP contribution in [0.1, 0.15) is 37.0 Å². The van der Waals surface area contributed by atoms with Gasteiger partial charge in [-0.1, -0.05) is 43.7 Å². The molecule has 0 atom stereocenters. The Bertz CT molecular complexity index is 308. The predicted octanol–water partition coefficient (Wildman–Crippen LogP) is 3.98. The van der Waals surface area contributed by atoms with Crippen molar-refractivity contribution >= 4 is 5.57 Å². The van der Waals surface area contributed by atoms with Crippen molar-refractivity contribution in [2.24, 2.45) is 0 Å². The van der Waals surface area contributed by atoms with E-state index < -0.39 is 0 Å². The Labute approximate surface area is 81.3 Å². The Morgan fingerprint density at radius 3 is 2.62 bits per heavy atom. The monoisotopic (exact) mass is 174 g/mol. The summed E-state index contributed by atoms with van der Waals surface area (Å²) in [6, 6.07) is 6.60. The lowest BCUT2D eigenvalue weighted by Crippen LogP contribution is -1.90. The van der Waals surface area contributed by atoms with Crippen molar-refractivity contribution in [3.63, 3.8) is 0 Å². The molecule has 0 aliphatic carbocycles. The Morgan fingerprint density at radius 2 is 2.08 bits per heavy atom. The van der Waals surface area contributed by atoms with Gasteiger partial charge in [-0.2, -0.15) is 0 Å². The third kappa shape index (κ3) is 2.45. The number of hydrogen-bond acceptors (Lipinski definition) is 0. The van der Waals surface area contributed by atoms with Crippen LogP contribution in [0.4, 0.5) is 0 Å². The first-order valence-electron chi connectivity index (χ1n) is 4.90. The highest BCUT2D eigenvalue weighted by molar-refractivity contribution is 5.62. The van der Waals surface area contributed by atoms with Gasteiger partial charge >= 0.3 is 0 Å². The molecule has 0 heterocycles. The van der Waals surface area contributed by atoms with Gasteiger partial charge in [-0.15, -0.1) is 0 Å².